The summed E-state index contributed by atoms with van der Waals surface area (Å²) in [6.45, 7) is 5.12. The van der Waals surface area contributed by atoms with Crippen molar-refractivity contribution in [3.8, 4) is 11.5 Å². The molecule has 0 bridgehead atoms. The average Bonchev–Trinajstić information content (AvgIpc) is 3.29. The van der Waals surface area contributed by atoms with Gasteiger partial charge in [0.15, 0.2) is 11.5 Å². The molecule has 1 aliphatic heterocycles. The molecule has 5 nitrogen and oxygen atoms in total. The zero-order valence-electron chi connectivity index (χ0n) is 16.6. The Bertz CT molecular complexity index is 1010. The van der Waals surface area contributed by atoms with Crippen LogP contribution in [0.25, 0.3) is 10.9 Å². The van der Waals surface area contributed by atoms with Crippen LogP contribution in [0.2, 0.25) is 0 Å². The number of aromatic nitrogens is 1. The maximum Gasteiger partial charge on any atom is 0.231 e. The summed E-state index contributed by atoms with van der Waals surface area (Å²) in [6, 6.07) is 14.3. The van der Waals surface area contributed by atoms with E-state index in [0.717, 1.165) is 28.1 Å². The van der Waals surface area contributed by atoms with Crippen molar-refractivity contribution in [1.82, 2.24) is 9.88 Å². The largest absolute Gasteiger partial charge is 0.454 e. The van der Waals surface area contributed by atoms with Gasteiger partial charge in [0.05, 0.1) is 0 Å². The van der Waals surface area contributed by atoms with Crippen molar-refractivity contribution in [2.45, 2.75) is 26.2 Å². The molecule has 0 spiro atoms. The van der Waals surface area contributed by atoms with E-state index < -0.39 is 0 Å². The Morgan fingerprint density at radius 1 is 1.14 bits per heavy atom. The van der Waals surface area contributed by atoms with Gasteiger partial charge in [-0.3, -0.25) is 4.79 Å². The van der Waals surface area contributed by atoms with Crippen LogP contribution in [0.1, 0.15) is 37.3 Å². The summed E-state index contributed by atoms with van der Waals surface area (Å²) in [5, 5.41) is 4.23. The third-order valence-electron chi connectivity index (χ3n) is 5.20. The first kappa shape index (κ1) is 18.4. The molecule has 0 fully saturated rings. The van der Waals surface area contributed by atoms with Gasteiger partial charge in [0, 0.05) is 43.0 Å². The summed E-state index contributed by atoms with van der Waals surface area (Å²) < 4.78 is 13.1. The molecule has 2 aromatic carbocycles. The second kappa shape index (κ2) is 7.58. The van der Waals surface area contributed by atoms with Crippen molar-refractivity contribution in [2.75, 3.05) is 13.3 Å². The van der Waals surface area contributed by atoms with Gasteiger partial charge >= 0.3 is 0 Å². The first-order valence-corrected chi connectivity index (χ1v) is 9.73. The van der Waals surface area contributed by atoms with Crippen molar-refractivity contribution in [1.29, 1.82) is 0 Å². The molecule has 1 atom stereocenters. The van der Waals surface area contributed by atoms with E-state index in [-0.39, 0.29) is 18.6 Å². The van der Waals surface area contributed by atoms with Crippen molar-refractivity contribution in [3.63, 3.8) is 0 Å². The second-order valence-corrected chi connectivity index (χ2v) is 7.78. The van der Waals surface area contributed by atoms with Gasteiger partial charge in [0.25, 0.3) is 0 Å². The molecule has 28 heavy (non-hydrogen) atoms. The van der Waals surface area contributed by atoms with E-state index in [2.05, 4.69) is 42.1 Å². The SMILES string of the molecule is CC(C)CNC(=O)C[C@H](c1ccc2c(c1)OCO2)c1cn(C)c2ccccc12. The highest BCUT2D eigenvalue weighted by atomic mass is 16.7. The number of hydrogen-bond donors (Lipinski definition) is 1. The molecule has 4 rings (SSSR count). The molecule has 0 aliphatic carbocycles. The number of hydrogen-bond acceptors (Lipinski definition) is 3. The minimum atomic E-state index is -0.0623. The van der Waals surface area contributed by atoms with Gasteiger partial charge in [-0.1, -0.05) is 38.1 Å². The van der Waals surface area contributed by atoms with E-state index in [1.54, 1.807) is 0 Å². The zero-order chi connectivity index (χ0) is 19.7. The van der Waals surface area contributed by atoms with E-state index >= 15 is 0 Å². The molecule has 1 N–H and O–H groups in total. The van der Waals surface area contributed by atoms with Gasteiger partial charge in [-0.15, -0.1) is 0 Å². The van der Waals surface area contributed by atoms with E-state index in [4.69, 9.17) is 9.47 Å². The standard InChI is InChI=1S/C23H26N2O3/c1-15(2)12-24-23(26)11-18(16-8-9-21-22(10-16)28-14-27-21)19-13-25(3)20-7-5-4-6-17(19)20/h4-10,13,15,18H,11-12,14H2,1-3H3,(H,24,26)/t18-/m1/s1. The minimum absolute atomic E-state index is 0.0595. The number of ether oxygens (including phenoxy) is 2. The number of nitrogens with one attached hydrogen (secondary N) is 1. The van der Waals surface area contributed by atoms with E-state index in [9.17, 15) is 4.79 Å². The van der Waals surface area contributed by atoms with Crippen LogP contribution in [-0.2, 0) is 11.8 Å². The molecule has 2 heterocycles. The lowest BCUT2D eigenvalue weighted by Crippen LogP contribution is -2.28. The lowest BCUT2D eigenvalue weighted by atomic mass is 9.87. The second-order valence-electron chi connectivity index (χ2n) is 7.78. The molecule has 3 aromatic rings. The number of aryl methyl sites for hydroxylation is 1. The molecule has 1 aromatic heterocycles. The molecule has 0 saturated carbocycles. The smallest absolute Gasteiger partial charge is 0.231 e. The predicted molar refractivity (Wildman–Crippen MR) is 110 cm³/mol. The van der Waals surface area contributed by atoms with Crippen LogP contribution in [0.3, 0.4) is 0 Å². The summed E-state index contributed by atoms with van der Waals surface area (Å²) >= 11 is 0. The van der Waals surface area contributed by atoms with E-state index in [1.807, 2.05) is 37.4 Å². The van der Waals surface area contributed by atoms with Crippen LogP contribution >= 0.6 is 0 Å². The number of nitrogens with zero attached hydrogens (tertiary/aromatic N) is 1. The summed E-state index contributed by atoms with van der Waals surface area (Å²) in [5.41, 5.74) is 3.36. The van der Waals surface area contributed by atoms with Gasteiger partial charge in [-0.25, -0.2) is 0 Å². The summed E-state index contributed by atoms with van der Waals surface area (Å²) in [4.78, 5) is 12.7. The Hall–Kier alpha value is -2.95. The van der Waals surface area contributed by atoms with Crippen LogP contribution in [0.5, 0.6) is 11.5 Å². The van der Waals surface area contributed by atoms with Crippen molar-refractivity contribution >= 4 is 16.8 Å². The number of rotatable bonds is 6. The Morgan fingerprint density at radius 3 is 2.75 bits per heavy atom. The van der Waals surface area contributed by atoms with Crippen LogP contribution in [0, 0.1) is 5.92 Å². The van der Waals surface area contributed by atoms with Crippen molar-refractivity contribution in [3.05, 3.63) is 59.8 Å². The maximum absolute atomic E-state index is 12.7. The monoisotopic (exact) mass is 378 g/mol. The zero-order valence-corrected chi connectivity index (χ0v) is 16.6. The number of benzene rings is 2. The number of para-hydroxylation sites is 1. The number of fused-ring (bicyclic) bond motifs is 2. The Kier molecular flexibility index (Phi) is 4.99. The topological polar surface area (TPSA) is 52.5 Å². The summed E-state index contributed by atoms with van der Waals surface area (Å²) in [7, 11) is 2.04. The summed E-state index contributed by atoms with van der Waals surface area (Å²) in [5.74, 6) is 1.91. The average molecular weight is 378 g/mol. The third-order valence-corrected chi connectivity index (χ3v) is 5.20. The fourth-order valence-electron chi connectivity index (χ4n) is 3.76. The molecule has 0 saturated heterocycles. The highest BCUT2D eigenvalue weighted by molar-refractivity contribution is 5.86. The lowest BCUT2D eigenvalue weighted by Gasteiger charge is -2.18. The maximum atomic E-state index is 12.7. The highest BCUT2D eigenvalue weighted by Crippen LogP contribution is 2.39. The molecule has 0 radical (unpaired) electrons. The number of amides is 1. The fraction of sp³-hybridized carbons (Fsp3) is 0.348. The van der Waals surface area contributed by atoms with Gasteiger partial charge in [0.1, 0.15) is 0 Å². The molecular weight excluding hydrogens is 352 g/mol. The Balaban J connectivity index is 1.74. The first-order chi connectivity index (χ1) is 13.5. The highest BCUT2D eigenvalue weighted by Gasteiger charge is 2.24. The van der Waals surface area contributed by atoms with Gasteiger partial charge < -0.3 is 19.4 Å². The minimum Gasteiger partial charge on any atom is -0.454 e. The quantitative estimate of drug-likeness (QED) is 0.699. The van der Waals surface area contributed by atoms with Gasteiger partial charge in [0.2, 0.25) is 12.7 Å². The molecular formula is C23H26N2O3. The Labute approximate surface area is 165 Å². The first-order valence-electron chi connectivity index (χ1n) is 9.73. The van der Waals surface area contributed by atoms with Crippen LogP contribution in [0.4, 0.5) is 0 Å². The van der Waals surface area contributed by atoms with Crippen molar-refractivity contribution < 1.29 is 14.3 Å². The van der Waals surface area contributed by atoms with E-state index in [0.29, 0.717) is 18.9 Å². The fourth-order valence-corrected chi connectivity index (χ4v) is 3.76. The predicted octanol–water partition coefficient (Wildman–Crippen LogP) is 4.20. The van der Waals surface area contributed by atoms with Gasteiger partial charge in [-0.2, -0.15) is 0 Å². The molecule has 1 amide bonds. The molecule has 5 heteroatoms. The Morgan fingerprint density at radius 2 is 1.93 bits per heavy atom. The van der Waals surface area contributed by atoms with Crippen LogP contribution < -0.4 is 14.8 Å². The van der Waals surface area contributed by atoms with Crippen LogP contribution in [0.15, 0.2) is 48.7 Å². The summed E-state index contributed by atoms with van der Waals surface area (Å²) in [6.07, 6.45) is 2.52. The van der Waals surface area contributed by atoms with Crippen LogP contribution in [-0.4, -0.2) is 23.8 Å². The van der Waals surface area contributed by atoms with Crippen molar-refractivity contribution in [2.24, 2.45) is 13.0 Å². The molecule has 0 unspecified atom stereocenters. The molecule has 1 aliphatic rings. The molecule has 146 valence electrons. The van der Waals surface area contributed by atoms with Gasteiger partial charge in [-0.05, 0) is 35.2 Å². The normalized spacial score (nSPS) is 13.9. The third kappa shape index (κ3) is 3.57. The lowest BCUT2D eigenvalue weighted by molar-refractivity contribution is -0.121. The number of carbonyl (C=O) groups excluding carboxylic acids is 1. The number of carbonyl (C=O) groups is 1. The van der Waals surface area contributed by atoms with E-state index in [1.165, 1.54) is 5.39 Å².